The minimum absolute atomic E-state index is 0.0613. The molecule has 0 amide bonds. The van der Waals surface area contributed by atoms with Crippen LogP contribution in [0.5, 0.6) is 0 Å². The molecule has 0 radical (unpaired) electrons. The molecule has 88 valence electrons. The molecular weight excluding hydrogens is 215 g/mol. The number of hydrogen-bond donors (Lipinski definition) is 3. The SMILES string of the molecule is CNCC(O)C(O)c1cc(C=O)c(F)cn1. The van der Waals surface area contributed by atoms with Gasteiger partial charge in [0.2, 0.25) is 0 Å². The molecule has 1 rings (SSSR count). The quantitative estimate of drug-likeness (QED) is 0.600. The minimum Gasteiger partial charge on any atom is -0.389 e. The van der Waals surface area contributed by atoms with Crippen LogP contribution in [0.4, 0.5) is 4.39 Å². The molecule has 1 aromatic rings. The van der Waals surface area contributed by atoms with Crippen LogP contribution in [0, 0.1) is 5.82 Å². The smallest absolute Gasteiger partial charge is 0.153 e. The van der Waals surface area contributed by atoms with E-state index in [2.05, 4.69) is 10.3 Å². The summed E-state index contributed by atoms with van der Waals surface area (Å²) in [6.45, 7) is 0.163. The number of rotatable bonds is 5. The summed E-state index contributed by atoms with van der Waals surface area (Å²) >= 11 is 0. The van der Waals surface area contributed by atoms with Crippen LogP contribution < -0.4 is 5.32 Å². The lowest BCUT2D eigenvalue weighted by molar-refractivity contribution is 0.0176. The molecule has 1 heterocycles. The number of aldehydes is 1. The molecule has 0 aliphatic carbocycles. The van der Waals surface area contributed by atoms with E-state index in [1.165, 1.54) is 0 Å². The molecule has 0 saturated carbocycles. The Morgan fingerprint density at radius 1 is 1.62 bits per heavy atom. The zero-order chi connectivity index (χ0) is 12.1. The number of carbonyl (C=O) groups is 1. The van der Waals surface area contributed by atoms with Gasteiger partial charge >= 0.3 is 0 Å². The van der Waals surface area contributed by atoms with Gasteiger partial charge in [-0.2, -0.15) is 0 Å². The molecule has 0 bridgehead atoms. The number of hydrogen-bond acceptors (Lipinski definition) is 5. The normalized spacial score (nSPS) is 14.5. The number of aliphatic hydroxyl groups excluding tert-OH is 2. The first-order chi connectivity index (χ1) is 7.60. The van der Waals surface area contributed by atoms with Crippen molar-refractivity contribution in [1.82, 2.24) is 10.3 Å². The van der Waals surface area contributed by atoms with Crippen LogP contribution in [0.2, 0.25) is 0 Å². The number of carbonyl (C=O) groups excluding carboxylic acids is 1. The van der Waals surface area contributed by atoms with Crippen LogP contribution in [0.1, 0.15) is 22.2 Å². The van der Waals surface area contributed by atoms with Crippen molar-refractivity contribution >= 4 is 6.29 Å². The average Bonchev–Trinajstić information content (AvgIpc) is 2.29. The van der Waals surface area contributed by atoms with Gasteiger partial charge < -0.3 is 15.5 Å². The van der Waals surface area contributed by atoms with Gasteiger partial charge in [0, 0.05) is 6.54 Å². The average molecular weight is 228 g/mol. The van der Waals surface area contributed by atoms with Gasteiger partial charge in [-0.3, -0.25) is 9.78 Å². The fraction of sp³-hybridized carbons (Fsp3) is 0.400. The third-order valence-corrected chi connectivity index (χ3v) is 2.11. The van der Waals surface area contributed by atoms with E-state index in [1.54, 1.807) is 7.05 Å². The van der Waals surface area contributed by atoms with Gasteiger partial charge in [-0.05, 0) is 13.1 Å². The Labute approximate surface area is 91.9 Å². The predicted molar refractivity (Wildman–Crippen MR) is 54.5 cm³/mol. The number of aliphatic hydroxyl groups is 2. The molecule has 2 atom stereocenters. The highest BCUT2D eigenvalue weighted by molar-refractivity contribution is 5.75. The van der Waals surface area contributed by atoms with Crippen LogP contribution in [0.15, 0.2) is 12.3 Å². The largest absolute Gasteiger partial charge is 0.389 e. The molecule has 16 heavy (non-hydrogen) atoms. The Morgan fingerprint density at radius 3 is 2.88 bits per heavy atom. The summed E-state index contributed by atoms with van der Waals surface area (Å²) in [5.41, 5.74) is -0.132. The first kappa shape index (κ1) is 12.7. The number of likely N-dealkylation sites (N-methyl/N-ethyl adjacent to an activating group) is 1. The summed E-state index contributed by atoms with van der Waals surface area (Å²) in [4.78, 5) is 14.1. The van der Waals surface area contributed by atoms with E-state index in [9.17, 15) is 19.4 Å². The summed E-state index contributed by atoms with van der Waals surface area (Å²) < 4.78 is 12.9. The zero-order valence-corrected chi connectivity index (χ0v) is 8.72. The van der Waals surface area contributed by atoms with E-state index in [-0.39, 0.29) is 17.8 Å². The highest BCUT2D eigenvalue weighted by atomic mass is 19.1. The standard InChI is InChI=1S/C10H13FN2O3/c1-12-4-9(15)10(16)8-2-6(5-14)7(11)3-13-8/h2-3,5,9-10,12,15-16H,4H2,1H3. The second-order valence-electron chi connectivity index (χ2n) is 3.32. The van der Waals surface area contributed by atoms with Gasteiger partial charge in [0.15, 0.2) is 12.1 Å². The van der Waals surface area contributed by atoms with E-state index in [0.29, 0.717) is 6.29 Å². The van der Waals surface area contributed by atoms with Crippen LogP contribution in [0.25, 0.3) is 0 Å². The number of pyridine rings is 1. The molecule has 1 aromatic heterocycles. The molecule has 5 nitrogen and oxygen atoms in total. The van der Waals surface area contributed by atoms with Crippen molar-refractivity contribution in [3.8, 4) is 0 Å². The van der Waals surface area contributed by atoms with Gasteiger partial charge in [0.1, 0.15) is 6.10 Å². The first-order valence-corrected chi connectivity index (χ1v) is 4.71. The van der Waals surface area contributed by atoms with E-state index in [4.69, 9.17) is 0 Å². The van der Waals surface area contributed by atoms with E-state index >= 15 is 0 Å². The summed E-state index contributed by atoms with van der Waals surface area (Å²) in [5, 5.41) is 21.8. The van der Waals surface area contributed by atoms with Crippen LogP contribution >= 0.6 is 0 Å². The van der Waals surface area contributed by atoms with Crippen LogP contribution in [-0.4, -0.2) is 41.2 Å². The van der Waals surface area contributed by atoms with Crippen molar-refractivity contribution in [3.63, 3.8) is 0 Å². The van der Waals surface area contributed by atoms with Crippen LogP contribution in [0.3, 0.4) is 0 Å². The fourth-order valence-corrected chi connectivity index (χ4v) is 1.24. The van der Waals surface area contributed by atoms with Gasteiger partial charge in [-0.1, -0.05) is 0 Å². The second-order valence-corrected chi connectivity index (χ2v) is 3.32. The second kappa shape index (κ2) is 5.64. The lowest BCUT2D eigenvalue weighted by Crippen LogP contribution is -2.30. The minimum atomic E-state index is -1.26. The number of aromatic nitrogens is 1. The first-order valence-electron chi connectivity index (χ1n) is 4.71. The molecule has 0 aliphatic rings. The molecular formula is C10H13FN2O3. The highest BCUT2D eigenvalue weighted by Gasteiger charge is 2.20. The maximum Gasteiger partial charge on any atom is 0.153 e. The highest BCUT2D eigenvalue weighted by Crippen LogP contribution is 2.16. The molecule has 0 aromatic carbocycles. The molecule has 0 fully saturated rings. The van der Waals surface area contributed by atoms with E-state index in [0.717, 1.165) is 12.3 Å². The van der Waals surface area contributed by atoms with Crippen molar-refractivity contribution in [2.45, 2.75) is 12.2 Å². The Balaban J connectivity index is 2.91. The van der Waals surface area contributed by atoms with E-state index in [1.807, 2.05) is 0 Å². The number of nitrogens with one attached hydrogen (secondary N) is 1. The van der Waals surface area contributed by atoms with Crippen LogP contribution in [-0.2, 0) is 0 Å². The monoisotopic (exact) mass is 228 g/mol. The molecule has 6 heteroatoms. The zero-order valence-electron chi connectivity index (χ0n) is 8.72. The Bertz CT molecular complexity index is 373. The number of halogens is 1. The van der Waals surface area contributed by atoms with Crippen molar-refractivity contribution in [3.05, 3.63) is 29.3 Å². The topological polar surface area (TPSA) is 82.5 Å². The van der Waals surface area contributed by atoms with E-state index < -0.39 is 18.0 Å². The maximum absolute atomic E-state index is 12.9. The Kier molecular flexibility index (Phi) is 4.48. The lowest BCUT2D eigenvalue weighted by atomic mass is 10.1. The Morgan fingerprint density at radius 2 is 2.31 bits per heavy atom. The lowest BCUT2D eigenvalue weighted by Gasteiger charge is -2.17. The molecule has 2 unspecified atom stereocenters. The maximum atomic E-state index is 12.9. The summed E-state index contributed by atoms with van der Waals surface area (Å²) in [6.07, 6.45) is -1.15. The van der Waals surface area contributed by atoms with Crippen molar-refractivity contribution in [2.24, 2.45) is 0 Å². The molecule has 0 aliphatic heterocycles. The third-order valence-electron chi connectivity index (χ3n) is 2.11. The van der Waals surface area contributed by atoms with Crippen molar-refractivity contribution in [2.75, 3.05) is 13.6 Å². The summed E-state index contributed by atoms with van der Waals surface area (Å²) in [7, 11) is 1.62. The predicted octanol–water partition coefficient (Wildman–Crippen LogP) is -0.353. The molecule has 0 spiro atoms. The fourth-order valence-electron chi connectivity index (χ4n) is 1.24. The summed E-state index contributed by atoms with van der Waals surface area (Å²) in [6, 6.07) is 1.12. The molecule has 3 N–H and O–H groups in total. The van der Waals surface area contributed by atoms with Gasteiger partial charge in [-0.15, -0.1) is 0 Å². The van der Waals surface area contributed by atoms with Gasteiger partial charge in [0.25, 0.3) is 0 Å². The molecule has 0 saturated heterocycles. The van der Waals surface area contributed by atoms with Crippen molar-refractivity contribution < 1.29 is 19.4 Å². The Hall–Kier alpha value is -1.37. The van der Waals surface area contributed by atoms with Gasteiger partial charge in [0.05, 0.1) is 23.6 Å². The van der Waals surface area contributed by atoms with Crippen molar-refractivity contribution in [1.29, 1.82) is 0 Å². The number of nitrogens with zero attached hydrogens (tertiary/aromatic N) is 1. The van der Waals surface area contributed by atoms with Gasteiger partial charge in [-0.25, -0.2) is 4.39 Å². The third kappa shape index (κ3) is 2.82. The summed E-state index contributed by atoms with van der Waals surface area (Å²) in [5.74, 6) is -0.756.